The molecule has 0 unspecified atom stereocenters. The van der Waals surface area contributed by atoms with E-state index in [0.717, 1.165) is 0 Å². The Morgan fingerprint density at radius 3 is 2.38 bits per heavy atom. The van der Waals surface area contributed by atoms with Crippen LogP contribution < -0.4 is 14.4 Å². The van der Waals surface area contributed by atoms with Gasteiger partial charge in [-0.2, -0.15) is 13.2 Å². The van der Waals surface area contributed by atoms with Crippen LogP contribution in [0.4, 0.5) is 18.9 Å². The van der Waals surface area contributed by atoms with Crippen LogP contribution in [0.25, 0.3) is 0 Å². The van der Waals surface area contributed by atoms with Gasteiger partial charge >= 0.3 is 12.1 Å². The molecular weight excluding hydrogens is 471 g/mol. The lowest BCUT2D eigenvalue weighted by molar-refractivity contribution is -0.136. The highest BCUT2D eigenvalue weighted by Gasteiger charge is 2.28. The van der Waals surface area contributed by atoms with Gasteiger partial charge in [0.05, 0.1) is 12.2 Å². The molecule has 0 atom stereocenters. The Morgan fingerprint density at radius 1 is 1.06 bits per heavy atom. The van der Waals surface area contributed by atoms with Crippen LogP contribution in [0.2, 0.25) is 0 Å². The topological polar surface area (TPSA) is 76.1 Å². The van der Waals surface area contributed by atoms with Gasteiger partial charge in [0.25, 0.3) is 0 Å². The molecule has 2 aromatic carbocycles. The number of amides is 1. The summed E-state index contributed by atoms with van der Waals surface area (Å²) in [5, 5.41) is 8.91. The third-order valence-electron chi connectivity index (χ3n) is 4.59. The van der Waals surface area contributed by atoms with E-state index < -0.39 is 23.3 Å². The fraction of sp³-hybridized carbons (Fsp3) is 0.417. The zero-order valence-electron chi connectivity index (χ0n) is 19.4. The summed E-state index contributed by atoms with van der Waals surface area (Å²) < 4.78 is 49.1. The highest BCUT2D eigenvalue weighted by molar-refractivity contribution is 7.98. The molecule has 0 heterocycles. The molecule has 0 saturated heterocycles. The van der Waals surface area contributed by atoms with Crippen molar-refractivity contribution in [2.24, 2.45) is 5.41 Å². The molecule has 0 aliphatic heterocycles. The first-order valence-electron chi connectivity index (χ1n) is 10.4. The third kappa shape index (κ3) is 8.81. The first-order valence-corrected chi connectivity index (χ1v) is 11.5. The molecule has 0 fully saturated rings. The average molecular weight is 500 g/mol. The van der Waals surface area contributed by atoms with Crippen LogP contribution >= 0.6 is 11.8 Å². The Balaban J connectivity index is 2.16. The molecule has 186 valence electrons. The summed E-state index contributed by atoms with van der Waals surface area (Å²) >= 11 is 0.694. The molecule has 0 spiro atoms. The van der Waals surface area contributed by atoms with E-state index in [1.165, 1.54) is 4.90 Å². The van der Waals surface area contributed by atoms with Gasteiger partial charge in [0.2, 0.25) is 12.7 Å². The number of hydrogen-bond acceptors (Lipinski definition) is 5. The number of carbonyl (C=O) groups excluding carboxylic acids is 1. The smallest absolute Gasteiger partial charge is 0.397 e. The van der Waals surface area contributed by atoms with Crippen molar-refractivity contribution in [1.82, 2.24) is 0 Å². The number of halogens is 3. The molecule has 34 heavy (non-hydrogen) atoms. The summed E-state index contributed by atoms with van der Waals surface area (Å²) in [6.45, 7) is 5.12. The lowest BCUT2D eigenvalue weighted by Crippen LogP contribution is -2.36. The SMILES string of the molecule is CN(C(=O)C(C)(C)C)c1ccc(OCOc2cccc(CC(=O)O)c2)c(CSCC(F)(F)F)c1. The molecular formula is C24H28F3NO5S. The van der Waals surface area contributed by atoms with Crippen LogP contribution in [-0.2, 0) is 21.8 Å². The maximum atomic E-state index is 12.6. The summed E-state index contributed by atoms with van der Waals surface area (Å²) in [6, 6.07) is 11.4. The van der Waals surface area contributed by atoms with Crippen LogP contribution in [0.3, 0.4) is 0 Å². The maximum Gasteiger partial charge on any atom is 0.397 e. The quantitative estimate of drug-likeness (QED) is 0.433. The van der Waals surface area contributed by atoms with E-state index in [4.69, 9.17) is 14.6 Å². The number of carboxylic acid groups (broad SMARTS) is 1. The van der Waals surface area contributed by atoms with Crippen LogP contribution in [0.15, 0.2) is 42.5 Å². The van der Waals surface area contributed by atoms with E-state index in [-0.39, 0.29) is 24.9 Å². The van der Waals surface area contributed by atoms with Crippen molar-refractivity contribution in [3.63, 3.8) is 0 Å². The standard InChI is InChI=1S/C24H28F3NO5S/c1-23(2,3)22(31)28(4)18-8-9-20(17(12-18)13-34-14-24(25,26)27)33-15-32-19-7-5-6-16(10-19)11-21(29)30/h5-10,12H,11,13-15H2,1-4H3,(H,29,30). The van der Waals surface area contributed by atoms with Gasteiger partial charge in [-0.05, 0) is 35.9 Å². The van der Waals surface area contributed by atoms with Crippen molar-refractivity contribution < 1.29 is 37.3 Å². The number of rotatable bonds is 10. The summed E-state index contributed by atoms with van der Waals surface area (Å²) in [7, 11) is 1.61. The van der Waals surface area contributed by atoms with Gasteiger partial charge in [-0.15, -0.1) is 11.8 Å². The summed E-state index contributed by atoms with van der Waals surface area (Å²) in [5.74, 6) is -1.37. The highest BCUT2D eigenvalue weighted by Crippen LogP contribution is 2.32. The second kappa shape index (κ2) is 11.5. The molecule has 0 aromatic heterocycles. The Morgan fingerprint density at radius 2 is 1.76 bits per heavy atom. The zero-order valence-corrected chi connectivity index (χ0v) is 20.3. The van der Waals surface area contributed by atoms with Crippen molar-refractivity contribution in [3.05, 3.63) is 53.6 Å². The average Bonchev–Trinajstić information content (AvgIpc) is 2.72. The number of benzene rings is 2. The Kier molecular flexibility index (Phi) is 9.26. The normalized spacial score (nSPS) is 11.7. The lowest BCUT2D eigenvalue weighted by atomic mass is 9.94. The predicted octanol–water partition coefficient (Wildman–Crippen LogP) is 5.53. The van der Waals surface area contributed by atoms with E-state index >= 15 is 0 Å². The van der Waals surface area contributed by atoms with Crippen molar-refractivity contribution in [2.75, 3.05) is 24.5 Å². The van der Waals surface area contributed by atoms with Gasteiger partial charge < -0.3 is 19.5 Å². The number of carboxylic acids is 1. The number of nitrogens with zero attached hydrogens (tertiary/aromatic N) is 1. The second-order valence-electron chi connectivity index (χ2n) is 8.64. The summed E-state index contributed by atoms with van der Waals surface area (Å²) in [4.78, 5) is 25.0. The van der Waals surface area contributed by atoms with Gasteiger partial charge in [-0.25, -0.2) is 0 Å². The number of hydrogen-bond donors (Lipinski definition) is 1. The summed E-state index contributed by atoms with van der Waals surface area (Å²) in [5.41, 5.74) is 0.962. The van der Waals surface area contributed by atoms with E-state index in [0.29, 0.717) is 40.1 Å². The van der Waals surface area contributed by atoms with E-state index in [9.17, 15) is 22.8 Å². The van der Waals surface area contributed by atoms with Crippen LogP contribution in [0, 0.1) is 5.41 Å². The van der Waals surface area contributed by atoms with Crippen molar-refractivity contribution in [1.29, 1.82) is 0 Å². The van der Waals surface area contributed by atoms with E-state index in [1.807, 2.05) is 0 Å². The van der Waals surface area contributed by atoms with Crippen molar-refractivity contribution in [2.45, 2.75) is 39.1 Å². The minimum atomic E-state index is -4.30. The molecule has 6 nitrogen and oxygen atoms in total. The zero-order chi connectivity index (χ0) is 25.5. The van der Waals surface area contributed by atoms with Gasteiger partial charge in [-0.1, -0.05) is 32.9 Å². The number of aliphatic carboxylic acids is 1. The number of anilines is 1. The van der Waals surface area contributed by atoms with Gasteiger partial charge in [0.15, 0.2) is 0 Å². The van der Waals surface area contributed by atoms with Gasteiger partial charge in [-0.3, -0.25) is 9.59 Å². The summed E-state index contributed by atoms with van der Waals surface area (Å²) in [6.07, 6.45) is -4.45. The van der Waals surface area contributed by atoms with E-state index in [2.05, 4.69) is 0 Å². The lowest BCUT2D eigenvalue weighted by Gasteiger charge is -2.26. The number of alkyl halides is 3. The predicted molar refractivity (Wildman–Crippen MR) is 125 cm³/mol. The Labute approximate surface area is 201 Å². The minimum Gasteiger partial charge on any atom is -0.481 e. The van der Waals surface area contributed by atoms with E-state index in [1.54, 1.807) is 70.3 Å². The molecule has 0 aliphatic carbocycles. The molecule has 0 bridgehead atoms. The molecule has 10 heteroatoms. The van der Waals surface area contributed by atoms with Crippen LogP contribution in [-0.4, -0.2) is 42.8 Å². The minimum absolute atomic E-state index is 0.0222. The Hall–Kier alpha value is -2.88. The number of ether oxygens (including phenoxy) is 2. The molecule has 0 aliphatic rings. The third-order valence-corrected chi connectivity index (χ3v) is 5.64. The fourth-order valence-corrected chi connectivity index (χ4v) is 3.79. The molecule has 2 aromatic rings. The second-order valence-corrected chi connectivity index (χ2v) is 9.62. The highest BCUT2D eigenvalue weighted by atomic mass is 32.2. The first kappa shape index (κ1) is 27.4. The molecule has 1 amide bonds. The number of carbonyl (C=O) groups is 2. The Bertz CT molecular complexity index is 1000. The molecule has 1 N–H and O–H groups in total. The van der Waals surface area contributed by atoms with Crippen molar-refractivity contribution in [3.8, 4) is 11.5 Å². The van der Waals surface area contributed by atoms with Gasteiger partial charge in [0.1, 0.15) is 11.5 Å². The maximum absolute atomic E-state index is 12.6. The number of thioether (sulfide) groups is 1. The molecule has 0 saturated carbocycles. The molecule has 0 radical (unpaired) electrons. The monoisotopic (exact) mass is 499 g/mol. The largest absolute Gasteiger partial charge is 0.481 e. The van der Waals surface area contributed by atoms with Crippen LogP contribution in [0.5, 0.6) is 11.5 Å². The molecule has 2 rings (SSSR count). The van der Waals surface area contributed by atoms with Gasteiger partial charge in [0, 0.05) is 29.5 Å². The first-order chi connectivity index (χ1) is 15.8. The fourth-order valence-electron chi connectivity index (χ4n) is 3.01. The van der Waals surface area contributed by atoms with Crippen LogP contribution in [0.1, 0.15) is 31.9 Å². The van der Waals surface area contributed by atoms with Crippen molar-refractivity contribution >= 4 is 29.3 Å².